The number of Topliss-reactive ketones (excluding diaryl/α,β-unsaturated/α-hetero) is 1. The Bertz CT molecular complexity index is 456. The molecule has 0 aromatic heterocycles. The zero-order valence-corrected chi connectivity index (χ0v) is 14.5. The number of carbonyl (C=O) groups is 4. The second-order valence-corrected chi connectivity index (χ2v) is 4.85. The van der Waals surface area contributed by atoms with E-state index >= 15 is 0 Å². The van der Waals surface area contributed by atoms with Crippen LogP contribution in [0.4, 0.5) is 0 Å². The van der Waals surface area contributed by atoms with Gasteiger partial charge in [-0.15, -0.1) is 0 Å². The number of amides is 1. The Labute approximate surface area is 142 Å². The number of nitrogens with two attached hydrogens (primary N) is 1. The Morgan fingerprint density at radius 3 is 2.04 bits per heavy atom. The fourth-order valence-electron chi connectivity index (χ4n) is 1.21. The van der Waals surface area contributed by atoms with Crippen molar-refractivity contribution in [2.45, 2.75) is 46.0 Å². The van der Waals surface area contributed by atoms with E-state index in [4.69, 9.17) is 10.5 Å². The molecule has 7 heteroatoms. The van der Waals surface area contributed by atoms with Gasteiger partial charge < -0.3 is 15.2 Å². The molecule has 0 atom stereocenters. The highest BCUT2D eigenvalue weighted by molar-refractivity contribution is 5.86. The van der Waals surface area contributed by atoms with Crippen molar-refractivity contribution in [3.8, 4) is 0 Å². The van der Waals surface area contributed by atoms with Crippen LogP contribution in [0.15, 0.2) is 24.8 Å². The summed E-state index contributed by atoms with van der Waals surface area (Å²) in [5, 5.41) is 0. The number of primary amides is 1. The first-order chi connectivity index (χ1) is 11.2. The molecule has 0 heterocycles. The van der Waals surface area contributed by atoms with Gasteiger partial charge in [-0.25, -0.2) is 9.59 Å². The molecule has 0 radical (unpaired) electrons. The first kappa shape index (κ1) is 23.8. The summed E-state index contributed by atoms with van der Waals surface area (Å²) >= 11 is 0. The minimum absolute atomic E-state index is 0.199. The summed E-state index contributed by atoms with van der Waals surface area (Å²) < 4.78 is 9.38. The molecule has 7 nitrogen and oxygen atoms in total. The lowest BCUT2D eigenvalue weighted by Gasteiger charge is -2.01. The molecule has 0 aliphatic carbocycles. The first-order valence-corrected chi connectivity index (χ1v) is 7.66. The highest BCUT2D eigenvalue weighted by atomic mass is 16.5. The molecule has 0 unspecified atom stereocenters. The summed E-state index contributed by atoms with van der Waals surface area (Å²) in [6, 6.07) is 0. The van der Waals surface area contributed by atoms with Crippen molar-refractivity contribution in [2.24, 2.45) is 5.73 Å². The molecule has 136 valence electrons. The Morgan fingerprint density at radius 2 is 1.58 bits per heavy atom. The van der Waals surface area contributed by atoms with Crippen LogP contribution < -0.4 is 5.73 Å². The van der Waals surface area contributed by atoms with E-state index in [1.54, 1.807) is 6.92 Å². The summed E-state index contributed by atoms with van der Waals surface area (Å²) in [6.07, 6.45) is 3.46. The van der Waals surface area contributed by atoms with Crippen molar-refractivity contribution in [3.63, 3.8) is 0 Å². The molecule has 2 N–H and O–H groups in total. The number of ether oxygens (including phenoxy) is 2. The Kier molecular flexibility index (Phi) is 15.3. The van der Waals surface area contributed by atoms with Gasteiger partial charge >= 0.3 is 11.9 Å². The molecule has 24 heavy (non-hydrogen) atoms. The maximum absolute atomic E-state index is 10.8. The molecule has 0 aliphatic rings. The van der Waals surface area contributed by atoms with Crippen molar-refractivity contribution < 1.29 is 28.7 Å². The van der Waals surface area contributed by atoms with Crippen LogP contribution in [0.1, 0.15) is 46.0 Å². The van der Waals surface area contributed by atoms with E-state index < -0.39 is 11.9 Å². The summed E-state index contributed by atoms with van der Waals surface area (Å²) in [5.74, 6) is -1.05. The zero-order chi connectivity index (χ0) is 19.0. The first-order valence-electron chi connectivity index (χ1n) is 7.66. The lowest BCUT2D eigenvalue weighted by Crippen LogP contribution is -2.12. The molecule has 1 amide bonds. The number of esters is 2. The highest BCUT2D eigenvalue weighted by Crippen LogP contribution is 1.96. The Morgan fingerprint density at radius 1 is 1.04 bits per heavy atom. The molecule has 0 aromatic carbocycles. The van der Waals surface area contributed by atoms with Crippen molar-refractivity contribution in [1.29, 1.82) is 0 Å². The molecular formula is C17H27NO6. The second kappa shape index (κ2) is 15.5. The third kappa shape index (κ3) is 17.6. The fourth-order valence-corrected chi connectivity index (χ4v) is 1.21. The smallest absolute Gasteiger partial charge is 0.333 e. The predicted molar refractivity (Wildman–Crippen MR) is 89.9 cm³/mol. The van der Waals surface area contributed by atoms with Crippen molar-refractivity contribution in [2.75, 3.05) is 13.2 Å². The van der Waals surface area contributed by atoms with Crippen LogP contribution in [0, 0.1) is 0 Å². The van der Waals surface area contributed by atoms with Gasteiger partial charge in [0.25, 0.3) is 0 Å². The summed E-state index contributed by atoms with van der Waals surface area (Å²) in [7, 11) is 0. The largest absolute Gasteiger partial charge is 0.463 e. The number of carbonyl (C=O) groups excluding carboxylic acids is 4. The summed E-state index contributed by atoms with van der Waals surface area (Å²) in [6.45, 7) is 10.6. The maximum atomic E-state index is 10.8. The molecule has 0 bridgehead atoms. The molecule has 0 saturated carbocycles. The van der Waals surface area contributed by atoms with E-state index in [1.807, 2.05) is 6.92 Å². The Balaban J connectivity index is 0. The van der Waals surface area contributed by atoms with Crippen LogP contribution >= 0.6 is 0 Å². The SMILES string of the molecule is C=C(C)C(=O)OCCCC(N)=O.C=CC(=O)OCCCC(=O)CC. The average Bonchev–Trinajstić information content (AvgIpc) is 2.54. The van der Waals surface area contributed by atoms with E-state index in [-0.39, 0.29) is 24.7 Å². The maximum Gasteiger partial charge on any atom is 0.333 e. The summed E-state index contributed by atoms with van der Waals surface area (Å²) in [4.78, 5) is 42.3. The van der Waals surface area contributed by atoms with Gasteiger partial charge in [0, 0.05) is 30.9 Å². The zero-order valence-electron chi connectivity index (χ0n) is 14.5. The highest BCUT2D eigenvalue weighted by Gasteiger charge is 2.02. The molecule has 0 aromatic rings. The van der Waals surface area contributed by atoms with E-state index in [1.165, 1.54) is 0 Å². The molecule has 0 fully saturated rings. The van der Waals surface area contributed by atoms with Gasteiger partial charge in [0.2, 0.25) is 5.91 Å². The normalized spacial score (nSPS) is 9.08. The monoisotopic (exact) mass is 341 g/mol. The van der Waals surface area contributed by atoms with Gasteiger partial charge in [-0.1, -0.05) is 20.1 Å². The number of ketones is 1. The van der Waals surface area contributed by atoms with Gasteiger partial charge in [0.15, 0.2) is 0 Å². The van der Waals surface area contributed by atoms with E-state index in [2.05, 4.69) is 17.9 Å². The van der Waals surface area contributed by atoms with Gasteiger partial charge in [-0.3, -0.25) is 9.59 Å². The van der Waals surface area contributed by atoms with Crippen molar-refractivity contribution >= 4 is 23.6 Å². The predicted octanol–water partition coefficient (Wildman–Crippen LogP) is 1.85. The lowest BCUT2D eigenvalue weighted by atomic mass is 10.2. The van der Waals surface area contributed by atoms with Crippen molar-refractivity contribution in [3.05, 3.63) is 24.8 Å². The topological polar surface area (TPSA) is 113 Å². The van der Waals surface area contributed by atoms with Crippen LogP contribution in [0.25, 0.3) is 0 Å². The number of hydrogen-bond acceptors (Lipinski definition) is 6. The van der Waals surface area contributed by atoms with Crippen LogP contribution in [-0.4, -0.2) is 36.8 Å². The average molecular weight is 341 g/mol. The van der Waals surface area contributed by atoms with Gasteiger partial charge in [0.05, 0.1) is 13.2 Å². The van der Waals surface area contributed by atoms with Crippen molar-refractivity contribution in [1.82, 2.24) is 0 Å². The molecule has 0 rings (SSSR count). The van der Waals surface area contributed by atoms with Crippen LogP contribution in [0.5, 0.6) is 0 Å². The Hall–Kier alpha value is -2.44. The van der Waals surface area contributed by atoms with Gasteiger partial charge in [0.1, 0.15) is 5.78 Å². The number of rotatable bonds is 11. The van der Waals surface area contributed by atoms with Gasteiger partial charge in [-0.05, 0) is 19.8 Å². The van der Waals surface area contributed by atoms with Crippen LogP contribution in [0.2, 0.25) is 0 Å². The van der Waals surface area contributed by atoms with Gasteiger partial charge in [-0.2, -0.15) is 0 Å². The minimum Gasteiger partial charge on any atom is -0.463 e. The fraction of sp³-hybridized carbons (Fsp3) is 0.529. The molecule has 0 spiro atoms. The third-order valence-electron chi connectivity index (χ3n) is 2.55. The number of hydrogen-bond donors (Lipinski definition) is 1. The third-order valence-corrected chi connectivity index (χ3v) is 2.55. The van der Waals surface area contributed by atoms with E-state index in [0.29, 0.717) is 37.9 Å². The van der Waals surface area contributed by atoms with E-state index in [9.17, 15) is 19.2 Å². The minimum atomic E-state index is -0.432. The molecule has 0 saturated heterocycles. The molecule has 0 aliphatic heterocycles. The van der Waals surface area contributed by atoms with Crippen LogP contribution in [0.3, 0.4) is 0 Å². The molecular weight excluding hydrogens is 314 g/mol. The standard InChI is InChI=1S/C9H14O3.C8H13NO3/c1-3-8(10)6-5-7-12-9(11)4-2;1-6(2)8(11)12-5-3-4-7(9)10/h4H,2-3,5-7H2,1H3;1,3-5H2,2H3,(H2,9,10). The van der Waals surface area contributed by atoms with E-state index in [0.717, 1.165) is 6.08 Å². The van der Waals surface area contributed by atoms with Crippen LogP contribution in [-0.2, 0) is 28.7 Å². The lowest BCUT2D eigenvalue weighted by molar-refractivity contribution is -0.139. The summed E-state index contributed by atoms with van der Waals surface area (Å²) in [5.41, 5.74) is 5.23. The quantitative estimate of drug-likeness (QED) is 0.348. The second-order valence-electron chi connectivity index (χ2n) is 4.85.